The van der Waals surface area contributed by atoms with Crippen molar-refractivity contribution in [3.8, 4) is 17.9 Å². The number of hydrogen-bond acceptors (Lipinski definition) is 7. The average molecular weight is 695 g/mol. The van der Waals surface area contributed by atoms with Gasteiger partial charge in [-0.05, 0) is 53.6 Å². The molecule has 5 rings (SSSR count). The third-order valence-corrected chi connectivity index (χ3v) is 9.56. The monoisotopic (exact) mass is 693 g/mol. The number of allylic oxidation sites excluding steroid dienone is 1. The van der Waals surface area contributed by atoms with Gasteiger partial charge < -0.3 is 13.8 Å². The molecule has 1 aromatic heterocycles. The molecular weight excluding hydrogens is 665 g/mol. The molecule has 0 unspecified atom stereocenters. The van der Waals surface area contributed by atoms with E-state index in [0.29, 0.717) is 33.3 Å². The Morgan fingerprint density at radius 3 is 2.15 bits per heavy atom. The van der Waals surface area contributed by atoms with Gasteiger partial charge in [0.15, 0.2) is 0 Å². The van der Waals surface area contributed by atoms with Gasteiger partial charge in [-0.15, -0.1) is 0 Å². The maximum Gasteiger partial charge on any atom is 0.331 e. The van der Waals surface area contributed by atoms with Crippen LogP contribution in [0, 0.1) is 22.7 Å². The number of nitriles is 2. The first kappa shape index (κ1) is 32.6. The number of benzene rings is 4. The normalized spacial score (nSPS) is 11.6. The number of aromatic nitrogens is 1. The fourth-order valence-electron chi connectivity index (χ4n) is 4.88. The molecule has 0 aliphatic rings. The van der Waals surface area contributed by atoms with E-state index < -0.39 is 7.60 Å². The molecule has 0 fully saturated rings. The lowest BCUT2D eigenvalue weighted by Gasteiger charge is -2.19. The summed E-state index contributed by atoms with van der Waals surface area (Å²) in [5.41, 5.74) is 3.98. The summed E-state index contributed by atoms with van der Waals surface area (Å²) in [7, 11) is -2.21. The van der Waals surface area contributed by atoms with Crippen LogP contribution in [0.15, 0.2) is 108 Å². The number of hydrogen-bond donors (Lipinski definition) is 0. The smallest absolute Gasteiger partial charge is 0.331 e. The maximum atomic E-state index is 14.0. The van der Waals surface area contributed by atoms with Gasteiger partial charge in [0.25, 0.3) is 0 Å². The van der Waals surface area contributed by atoms with Crippen LogP contribution in [-0.4, -0.2) is 23.7 Å². The van der Waals surface area contributed by atoms with Crippen molar-refractivity contribution in [2.75, 3.05) is 13.3 Å². The SMILES string of the molecule is COc1ccc(C#N)cc1/C=C(\C#N)c1cn(C(=O)CCP(=O)(OCc2ccccc2)OCc2ccccc2)c2ccc(Br)cc12. The maximum absolute atomic E-state index is 14.0. The van der Waals surface area contributed by atoms with E-state index >= 15 is 0 Å². The lowest BCUT2D eigenvalue weighted by atomic mass is 10.0. The van der Waals surface area contributed by atoms with Gasteiger partial charge in [-0.1, -0.05) is 76.6 Å². The van der Waals surface area contributed by atoms with Gasteiger partial charge in [0, 0.05) is 33.6 Å². The minimum Gasteiger partial charge on any atom is -0.496 e. The lowest BCUT2D eigenvalue weighted by Crippen LogP contribution is -2.12. The van der Waals surface area contributed by atoms with Crippen LogP contribution in [-0.2, 0) is 26.8 Å². The topological polar surface area (TPSA) is 114 Å². The van der Waals surface area contributed by atoms with Gasteiger partial charge in [-0.25, -0.2) is 0 Å². The highest BCUT2D eigenvalue weighted by Crippen LogP contribution is 2.50. The Labute approximate surface area is 275 Å². The van der Waals surface area contributed by atoms with Crippen LogP contribution < -0.4 is 4.74 Å². The van der Waals surface area contributed by atoms with Gasteiger partial charge in [0.2, 0.25) is 5.91 Å². The van der Waals surface area contributed by atoms with Crippen LogP contribution >= 0.6 is 23.5 Å². The summed E-state index contributed by atoms with van der Waals surface area (Å²) in [6.45, 7) is 0.136. The predicted molar refractivity (Wildman–Crippen MR) is 181 cm³/mol. The van der Waals surface area contributed by atoms with Crippen molar-refractivity contribution in [1.82, 2.24) is 4.57 Å². The fraction of sp³-hybridized carbons (Fsp3) is 0.139. The van der Waals surface area contributed by atoms with E-state index in [1.165, 1.54) is 11.7 Å². The van der Waals surface area contributed by atoms with Crippen LogP contribution in [0.25, 0.3) is 22.6 Å². The molecule has 5 aromatic rings. The van der Waals surface area contributed by atoms with E-state index in [4.69, 9.17) is 13.8 Å². The van der Waals surface area contributed by atoms with Gasteiger partial charge >= 0.3 is 7.60 Å². The molecule has 0 amide bonds. The molecule has 1 heterocycles. The lowest BCUT2D eigenvalue weighted by molar-refractivity contribution is 0.0909. The second-order valence-corrected chi connectivity index (χ2v) is 13.4. The number of halogens is 1. The van der Waals surface area contributed by atoms with Crippen molar-refractivity contribution in [3.63, 3.8) is 0 Å². The first-order chi connectivity index (χ1) is 22.3. The van der Waals surface area contributed by atoms with Crippen LogP contribution in [0.5, 0.6) is 5.75 Å². The third kappa shape index (κ3) is 7.90. The third-order valence-electron chi connectivity index (χ3n) is 7.25. The molecule has 0 atom stereocenters. The molecule has 230 valence electrons. The Kier molecular flexibility index (Phi) is 10.6. The molecule has 0 saturated carbocycles. The largest absolute Gasteiger partial charge is 0.496 e. The van der Waals surface area contributed by atoms with Crippen LogP contribution in [0.4, 0.5) is 0 Å². The Hall–Kier alpha value is -4.76. The predicted octanol–water partition coefficient (Wildman–Crippen LogP) is 9.01. The zero-order valence-electron chi connectivity index (χ0n) is 24.9. The average Bonchev–Trinajstić information content (AvgIpc) is 3.47. The van der Waals surface area contributed by atoms with Crippen molar-refractivity contribution in [2.24, 2.45) is 0 Å². The zero-order valence-corrected chi connectivity index (χ0v) is 27.4. The number of carbonyl (C=O) groups is 1. The summed E-state index contributed by atoms with van der Waals surface area (Å²) < 4.78 is 33.4. The standard InChI is InChI=1S/C36H29BrN3O5P/c1-43-35-15-12-28(21-38)18-29(35)19-30(22-39)33-23-40(34-14-13-31(37)20-32(33)34)36(41)16-17-46(42,44-24-26-8-4-2-5-9-26)45-25-27-10-6-3-7-11-27/h2-15,18-20,23H,16-17,24-25H2,1H3/b30-19+. The van der Waals surface area contributed by atoms with E-state index in [2.05, 4.69) is 28.1 Å². The molecule has 0 spiro atoms. The quantitative estimate of drug-likeness (QED) is 0.0946. The van der Waals surface area contributed by atoms with Crippen LogP contribution in [0.3, 0.4) is 0 Å². The molecule has 0 N–H and O–H groups in total. The molecule has 0 aliphatic heterocycles. The summed E-state index contributed by atoms with van der Waals surface area (Å²) in [6, 6.07) is 33.4. The minimum absolute atomic E-state index is 0.0680. The van der Waals surface area contributed by atoms with Gasteiger partial charge in [0.05, 0.1) is 55.3 Å². The summed E-state index contributed by atoms with van der Waals surface area (Å²) in [6.07, 6.45) is 2.96. The molecule has 0 bridgehead atoms. The van der Waals surface area contributed by atoms with Gasteiger partial charge in [-0.3, -0.25) is 13.9 Å². The van der Waals surface area contributed by atoms with E-state index in [0.717, 1.165) is 15.6 Å². The highest BCUT2D eigenvalue weighted by atomic mass is 79.9. The molecule has 4 aromatic carbocycles. The minimum atomic E-state index is -3.72. The Morgan fingerprint density at radius 1 is 0.913 bits per heavy atom. The number of rotatable bonds is 12. The second kappa shape index (κ2) is 15.0. The molecule has 46 heavy (non-hydrogen) atoms. The first-order valence-corrected chi connectivity index (χ1v) is 16.8. The molecular formula is C36H29BrN3O5P. The molecule has 0 aliphatic carbocycles. The van der Waals surface area contributed by atoms with E-state index in [-0.39, 0.29) is 37.3 Å². The second-order valence-electron chi connectivity index (χ2n) is 10.3. The Bertz CT molecular complexity index is 1980. The highest BCUT2D eigenvalue weighted by molar-refractivity contribution is 9.10. The Balaban J connectivity index is 1.45. The van der Waals surface area contributed by atoms with Gasteiger partial charge in [0.1, 0.15) is 5.75 Å². The first-order valence-electron chi connectivity index (χ1n) is 14.3. The number of methoxy groups -OCH3 is 1. The summed E-state index contributed by atoms with van der Waals surface area (Å²) in [5, 5.41) is 20.3. The summed E-state index contributed by atoms with van der Waals surface area (Å²) in [5.74, 6) is 0.154. The number of fused-ring (bicyclic) bond motifs is 1. The van der Waals surface area contributed by atoms with E-state index in [1.54, 1.807) is 36.5 Å². The van der Waals surface area contributed by atoms with Crippen molar-refractivity contribution in [2.45, 2.75) is 19.6 Å². The molecule has 10 heteroatoms. The van der Waals surface area contributed by atoms with Crippen molar-refractivity contribution >= 4 is 52.0 Å². The zero-order chi connectivity index (χ0) is 32.5. The number of carbonyl (C=O) groups excluding carboxylic acids is 1. The van der Waals surface area contributed by atoms with E-state index in [1.807, 2.05) is 72.8 Å². The van der Waals surface area contributed by atoms with Crippen LogP contribution in [0.1, 0.15) is 39.0 Å². The van der Waals surface area contributed by atoms with Crippen molar-refractivity contribution < 1.29 is 23.1 Å². The van der Waals surface area contributed by atoms with Crippen LogP contribution in [0.2, 0.25) is 0 Å². The number of nitrogens with zero attached hydrogens (tertiary/aromatic N) is 3. The fourth-order valence-corrected chi connectivity index (χ4v) is 6.73. The molecule has 8 nitrogen and oxygen atoms in total. The van der Waals surface area contributed by atoms with E-state index in [9.17, 15) is 19.9 Å². The Morgan fingerprint density at radius 2 is 1.57 bits per heavy atom. The van der Waals surface area contributed by atoms with Crippen molar-refractivity contribution in [3.05, 3.63) is 136 Å². The van der Waals surface area contributed by atoms with Gasteiger partial charge in [-0.2, -0.15) is 10.5 Å². The molecule has 0 radical (unpaired) electrons. The molecule has 0 saturated heterocycles. The summed E-state index contributed by atoms with van der Waals surface area (Å²) in [4.78, 5) is 13.8. The number of ether oxygens (including phenoxy) is 1. The summed E-state index contributed by atoms with van der Waals surface area (Å²) >= 11 is 3.50. The van der Waals surface area contributed by atoms with Crippen molar-refractivity contribution in [1.29, 1.82) is 10.5 Å². The highest BCUT2D eigenvalue weighted by Gasteiger charge is 2.28.